The van der Waals surface area contributed by atoms with E-state index in [1.807, 2.05) is 19.9 Å². The molecule has 1 saturated heterocycles. The van der Waals surface area contributed by atoms with Crippen molar-refractivity contribution in [1.29, 1.82) is 0 Å². The molecule has 2 unspecified atom stereocenters. The summed E-state index contributed by atoms with van der Waals surface area (Å²) in [7, 11) is 0. The molecule has 0 aliphatic carbocycles. The van der Waals surface area contributed by atoms with Crippen LogP contribution in [0.4, 0.5) is 0 Å². The number of hydrogen-bond donors (Lipinski definition) is 0. The maximum absolute atomic E-state index is 5.64. The number of aryl methyl sites for hydroxylation is 1. The van der Waals surface area contributed by atoms with E-state index >= 15 is 0 Å². The fourth-order valence-corrected chi connectivity index (χ4v) is 2.35. The van der Waals surface area contributed by atoms with E-state index in [0.717, 1.165) is 30.8 Å². The van der Waals surface area contributed by atoms with E-state index in [-0.39, 0.29) is 0 Å². The first kappa shape index (κ1) is 14.2. The fourth-order valence-electron chi connectivity index (χ4n) is 2.35. The zero-order valence-electron chi connectivity index (χ0n) is 12.1. The molecule has 0 bridgehead atoms. The zero-order valence-corrected chi connectivity index (χ0v) is 12.1. The Hall–Kier alpha value is -1.22. The second-order valence-electron chi connectivity index (χ2n) is 4.81. The second kappa shape index (κ2) is 6.80. The lowest BCUT2D eigenvalue weighted by molar-refractivity contribution is 0.287. The van der Waals surface area contributed by atoms with Crippen LogP contribution in [-0.2, 0) is 11.2 Å². The summed E-state index contributed by atoms with van der Waals surface area (Å²) in [5, 5.41) is 0. The summed E-state index contributed by atoms with van der Waals surface area (Å²) in [6.45, 7) is 7.47. The molecular formula is C16H24O3. The molecule has 0 radical (unpaired) electrons. The molecule has 2 rings (SSSR count). The second-order valence-corrected chi connectivity index (χ2v) is 4.81. The average Bonchev–Trinajstić information content (AvgIpc) is 3.18. The SMILES string of the molecule is CCOc1ccc(CCC2OC2CC)cc1OCC. The minimum Gasteiger partial charge on any atom is -0.490 e. The van der Waals surface area contributed by atoms with E-state index in [0.29, 0.717) is 25.4 Å². The molecule has 3 heteroatoms. The molecule has 1 aliphatic rings. The largest absolute Gasteiger partial charge is 0.490 e. The van der Waals surface area contributed by atoms with Gasteiger partial charge < -0.3 is 14.2 Å². The van der Waals surface area contributed by atoms with Crippen molar-refractivity contribution in [3.8, 4) is 11.5 Å². The van der Waals surface area contributed by atoms with Crippen molar-refractivity contribution < 1.29 is 14.2 Å². The van der Waals surface area contributed by atoms with Crippen LogP contribution in [0.2, 0.25) is 0 Å². The summed E-state index contributed by atoms with van der Waals surface area (Å²) in [5.41, 5.74) is 1.29. The Morgan fingerprint density at radius 2 is 1.74 bits per heavy atom. The van der Waals surface area contributed by atoms with Crippen LogP contribution in [0.5, 0.6) is 11.5 Å². The fraction of sp³-hybridized carbons (Fsp3) is 0.625. The molecule has 106 valence electrons. The predicted molar refractivity (Wildman–Crippen MR) is 76.1 cm³/mol. The van der Waals surface area contributed by atoms with Gasteiger partial charge in [0.25, 0.3) is 0 Å². The Morgan fingerprint density at radius 1 is 1.00 bits per heavy atom. The third-order valence-corrected chi connectivity index (χ3v) is 3.42. The summed E-state index contributed by atoms with van der Waals surface area (Å²) in [6, 6.07) is 6.23. The molecular weight excluding hydrogens is 240 g/mol. The summed E-state index contributed by atoms with van der Waals surface area (Å²) in [6.07, 6.45) is 4.21. The molecule has 19 heavy (non-hydrogen) atoms. The van der Waals surface area contributed by atoms with E-state index in [1.54, 1.807) is 0 Å². The van der Waals surface area contributed by atoms with Gasteiger partial charge in [-0.05, 0) is 50.8 Å². The number of epoxide rings is 1. The molecule has 1 aliphatic heterocycles. The first-order chi connectivity index (χ1) is 9.28. The topological polar surface area (TPSA) is 31.0 Å². The van der Waals surface area contributed by atoms with Gasteiger partial charge in [0.15, 0.2) is 11.5 Å². The van der Waals surface area contributed by atoms with Gasteiger partial charge in [0, 0.05) is 0 Å². The van der Waals surface area contributed by atoms with Crippen molar-refractivity contribution in [2.75, 3.05) is 13.2 Å². The molecule has 3 nitrogen and oxygen atoms in total. The van der Waals surface area contributed by atoms with Crippen LogP contribution in [0.15, 0.2) is 18.2 Å². The van der Waals surface area contributed by atoms with Gasteiger partial charge in [-0.2, -0.15) is 0 Å². The Kier molecular flexibility index (Phi) is 5.08. The highest BCUT2D eigenvalue weighted by Crippen LogP contribution is 2.32. The van der Waals surface area contributed by atoms with Gasteiger partial charge in [-0.15, -0.1) is 0 Å². The van der Waals surface area contributed by atoms with Crippen LogP contribution in [-0.4, -0.2) is 25.4 Å². The first-order valence-electron chi connectivity index (χ1n) is 7.32. The summed E-state index contributed by atoms with van der Waals surface area (Å²) >= 11 is 0. The number of benzene rings is 1. The minimum atomic E-state index is 0.465. The highest BCUT2D eigenvalue weighted by Gasteiger charge is 2.35. The van der Waals surface area contributed by atoms with Crippen LogP contribution in [0.3, 0.4) is 0 Å². The molecule has 0 spiro atoms. The predicted octanol–water partition coefficient (Wildman–Crippen LogP) is 3.59. The van der Waals surface area contributed by atoms with Crippen molar-refractivity contribution in [2.24, 2.45) is 0 Å². The lowest BCUT2D eigenvalue weighted by Crippen LogP contribution is -2.00. The number of rotatable bonds is 8. The van der Waals surface area contributed by atoms with Gasteiger partial charge in [0.2, 0.25) is 0 Å². The van der Waals surface area contributed by atoms with E-state index in [2.05, 4.69) is 19.1 Å². The van der Waals surface area contributed by atoms with Crippen molar-refractivity contribution in [3.63, 3.8) is 0 Å². The van der Waals surface area contributed by atoms with E-state index in [4.69, 9.17) is 14.2 Å². The molecule has 1 heterocycles. The lowest BCUT2D eigenvalue weighted by Gasteiger charge is -2.12. The summed E-state index contributed by atoms with van der Waals surface area (Å²) < 4.78 is 16.8. The normalized spacial score (nSPS) is 21.2. The van der Waals surface area contributed by atoms with E-state index in [9.17, 15) is 0 Å². The van der Waals surface area contributed by atoms with Gasteiger partial charge in [-0.25, -0.2) is 0 Å². The van der Waals surface area contributed by atoms with Crippen LogP contribution in [0, 0.1) is 0 Å². The first-order valence-corrected chi connectivity index (χ1v) is 7.32. The Balaban J connectivity index is 1.95. The average molecular weight is 264 g/mol. The maximum atomic E-state index is 5.64. The molecule has 1 aromatic carbocycles. The molecule has 0 N–H and O–H groups in total. The minimum absolute atomic E-state index is 0.465. The lowest BCUT2D eigenvalue weighted by atomic mass is 10.1. The third-order valence-electron chi connectivity index (χ3n) is 3.42. The van der Waals surface area contributed by atoms with Gasteiger partial charge in [0.1, 0.15) is 0 Å². The van der Waals surface area contributed by atoms with Crippen molar-refractivity contribution in [2.45, 2.75) is 52.2 Å². The van der Waals surface area contributed by atoms with Crippen LogP contribution >= 0.6 is 0 Å². The van der Waals surface area contributed by atoms with E-state index < -0.39 is 0 Å². The Morgan fingerprint density at radius 3 is 2.37 bits per heavy atom. The molecule has 1 fully saturated rings. The van der Waals surface area contributed by atoms with Gasteiger partial charge in [-0.1, -0.05) is 13.0 Å². The van der Waals surface area contributed by atoms with Crippen LogP contribution < -0.4 is 9.47 Å². The van der Waals surface area contributed by atoms with Gasteiger partial charge in [-0.3, -0.25) is 0 Å². The standard InChI is InChI=1S/C16H24O3/c1-4-13-15(19-13)10-8-12-7-9-14(17-5-2)16(11-12)18-6-3/h7,9,11,13,15H,4-6,8,10H2,1-3H3. The maximum Gasteiger partial charge on any atom is 0.161 e. The zero-order chi connectivity index (χ0) is 13.7. The third kappa shape index (κ3) is 3.87. The molecule has 2 atom stereocenters. The van der Waals surface area contributed by atoms with Crippen molar-refractivity contribution in [1.82, 2.24) is 0 Å². The number of hydrogen-bond acceptors (Lipinski definition) is 3. The van der Waals surface area contributed by atoms with Crippen molar-refractivity contribution >= 4 is 0 Å². The Labute approximate surface area is 115 Å². The molecule has 0 aromatic heterocycles. The summed E-state index contributed by atoms with van der Waals surface area (Å²) in [5.74, 6) is 1.69. The quantitative estimate of drug-likeness (QED) is 0.672. The molecule has 0 saturated carbocycles. The van der Waals surface area contributed by atoms with E-state index in [1.165, 1.54) is 5.56 Å². The van der Waals surface area contributed by atoms with Crippen molar-refractivity contribution in [3.05, 3.63) is 23.8 Å². The van der Waals surface area contributed by atoms with Crippen LogP contribution in [0.1, 0.15) is 39.2 Å². The van der Waals surface area contributed by atoms with Gasteiger partial charge >= 0.3 is 0 Å². The monoisotopic (exact) mass is 264 g/mol. The molecule has 0 amide bonds. The highest BCUT2D eigenvalue weighted by atomic mass is 16.6. The number of ether oxygens (including phenoxy) is 3. The smallest absolute Gasteiger partial charge is 0.161 e. The Bertz CT molecular complexity index is 403. The molecule has 1 aromatic rings. The summed E-state index contributed by atoms with van der Waals surface area (Å²) in [4.78, 5) is 0. The van der Waals surface area contributed by atoms with Gasteiger partial charge in [0.05, 0.1) is 25.4 Å². The highest BCUT2D eigenvalue weighted by molar-refractivity contribution is 5.43. The van der Waals surface area contributed by atoms with Crippen LogP contribution in [0.25, 0.3) is 0 Å².